The summed E-state index contributed by atoms with van der Waals surface area (Å²) < 4.78 is 15.0. The molecule has 0 radical (unpaired) electrons. The third kappa shape index (κ3) is 4.69. The molecule has 0 fully saturated rings. The van der Waals surface area contributed by atoms with E-state index in [-0.39, 0.29) is 23.7 Å². The first-order chi connectivity index (χ1) is 12.4. The van der Waals surface area contributed by atoms with Crippen molar-refractivity contribution < 1.29 is 28.7 Å². The van der Waals surface area contributed by atoms with Gasteiger partial charge in [-0.3, -0.25) is 14.9 Å². The summed E-state index contributed by atoms with van der Waals surface area (Å²) in [6, 6.07) is 9.93. The van der Waals surface area contributed by atoms with E-state index in [1.807, 2.05) is 0 Å². The second kappa shape index (κ2) is 8.47. The molecule has 1 N–H and O–H groups in total. The highest BCUT2D eigenvalue weighted by molar-refractivity contribution is 5.93. The third-order valence-electron chi connectivity index (χ3n) is 3.32. The number of hydrogen-bond donors (Lipinski definition) is 1. The van der Waals surface area contributed by atoms with Gasteiger partial charge in [-0.25, -0.2) is 4.79 Å². The van der Waals surface area contributed by atoms with E-state index < -0.39 is 16.8 Å². The van der Waals surface area contributed by atoms with Gasteiger partial charge in [0, 0.05) is 6.07 Å². The fourth-order valence-corrected chi connectivity index (χ4v) is 2.04. The maximum atomic E-state index is 12.0. The molecule has 9 heteroatoms. The Morgan fingerprint density at radius 3 is 2.38 bits per heavy atom. The Morgan fingerprint density at radius 2 is 1.81 bits per heavy atom. The zero-order valence-electron chi connectivity index (χ0n) is 14.1. The number of nitrogens with one attached hydrogen (secondary N) is 1. The summed E-state index contributed by atoms with van der Waals surface area (Å²) in [4.78, 5) is 33.5. The summed E-state index contributed by atoms with van der Waals surface area (Å²) in [7, 11) is 2.62. The van der Waals surface area contributed by atoms with Crippen molar-refractivity contribution >= 4 is 23.3 Å². The number of nitrogens with zero attached hydrogens (tertiary/aromatic N) is 1. The molecule has 2 aromatic carbocycles. The van der Waals surface area contributed by atoms with Crippen LogP contribution in [0.5, 0.6) is 11.5 Å². The summed E-state index contributed by atoms with van der Waals surface area (Å²) in [5, 5.41) is 13.3. The Kier molecular flexibility index (Phi) is 6.10. The van der Waals surface area contributed by atoms with Crippen LogP contribution in [0.4, 0.5) is 11.4 Å². The standard InChI is InChI=1S/C17H16N2O7/c1-24-15-9-12(19(22)23)5-8-14(15)18-16(20)10-26-13-6-3-11(4-7-13)17(21)25-2/h3-9H,10H2,1-2H3,(H,18,20). The van der Waals surface area contributed by atoms with Crippen LogP contribution in [-0.2, 0) is 9.53 Å². The van der Waals surface area contributed by atoms with E-state index >= 15 is 0 Å². The van der Waals surface area contributed by atoms with Crippen LogP contribution in [0.3, 0.4) is 0 Å². The fourth-order valence-electron chi connectivity index (χ4n) is 2.04. The number of benzene rings is 2. The maximum absolute atomic E-state index is 12.0. The van der Waals surface area contributed by atoms with E-state index in [0.717, 1.165) is 0 Å². The highest BCUT2D eigenvalue weighted by atomic mass is 16.6. The van der Waals surface area contributed by atoms with Gasteiger partial charge in [0.05, 0.1) is 36.5 Å². The molecule has 0 aliphatic heterocycles. The number of esters is 1. The van der Waals surface area contributed by atoms with Crippen LogP contribution in [0.15, 0.2) is 42.5 Å². The lowest BCUT2D eigenvalue weighted by Crippen LogP contribution is -2.20. The zero-order chi connectivity index (χ0) is 19.1. The SMILES string of the molecule is COC(=O)c1ccc(OCC(=O)Nc2ccc([N+](=O)[O-])cc2OC)cc1. The Labute approximate surface area is 148 Å². The molecule has 1 amide bonds. The Bertz CT molecular complexity index is 818. The van der Waals surface area contributed by atoms with Crippen LogP contribution in [0.25, 0.3) is 0 Å². The summed E-state index contributed by atoms with van der Waals surface area (Å²) >= 11 is 0. The predicted octanol–water partition coefficient (Wildman–Crippen LogP) is 2.41. The zero-order valence-corrected chi connectivity index (χ0v) is 14.1. The Morgan fingerprint density at radius 1 is 1.12 bits per heavy atom. The number of hydrogen-bond acceptors (Lipinski definition) is 7. The molecule has 26 heavy (non-hydrogen) atoms. The molecule has 0 heterocycles. The topological polar surface area (TPSA) is 117 Å². The molecule has 0 bridgehead atoms. The monoisotopic (exact) mass is 360 g/mol. The number of rotatable bonds is 7. The third-order valence-corrected chi connectivity index (χ3v) is 3.32. The van der Waals surface area contributed by atoms with Crippen LogP contribution in [-0.4, -0.2) is 37.6 Å². The first-order valence-electron chi connectivity index (χ1n) is 7.38. The van der Waals surface area contributed by atoms with Gasteiger partial charge >= 0.3 is 5.97 Å². The molecule has 2 rings (SSSR count). The predicted molar refractivity (Wildman–Crippen MR) is 91.6 cm³/mol. The van der Waals surface area contributed by atoms with Crippen LogP contribution in [0, 0.1) is 10.1 Å². The average Bonchev–Trinajstić information content (AvgIpc) is 2.66. The van der Waals surface area contributed by atoms with Crippen LogP contribution in [0.1, 0.15) is 10.4 Å². The number of non-ortho nitro benzene ring substituents is 1. The average molecular weight is 360 g/mol. The number of carbonyl (C=O) groups is 2. The molecule has 0 saturated carbocycles. The van der Waals surface area contributed by atoms with Crippen LogP contribution in [0.2, 0.25) is 0 Å². The van der Waals surface area contributed by atoms with Gasteiger partial charge in [0.2, 0.25) is 0 Å². The number of nitro benzene ring substituents is 1. The Balaban J connectivity index is 1.96. The smallest absolute Gasteiger partial charge is 0.337 e. The number of nitro groups is 1. The normalized spacial score (nSPS) is 9.92. The van der Waals surface area contributed by atoms with Gasteiger partial charge in [0.1, 0.15) is 11.5 Å². The van der Waals surface area contributed by atoms with Gasteiger partial charge < -0.3 is 19.5 Å². The van der Waals surface area contributed by atoms with Crippen molar-refractivity contribution in [2.24, 2.45) is 0 Å². The largest absolute Gasteiger partial charge is 0.494 e. The van der Waals surface area contributed by atoms with Gasteiger partial charge in [-0.05, 0) is 30.3 Å². The first kappa shape index (κ1) is 18.7. The fraction of sp³-hybridized carbons (Fsp3) is 0.176. The van der Waals surface area contributed by atoms with E-state index in [2.05, 4.69) is 10.1 Å². The van der Waals surface area contributed by atoms with E-state index in [9.17, 15) is 19.7 Å². The second-order valence-electron chi connectivity index (χ2n) is 4.99. The molecule has 0 spiro atoms. The second-order valence-corrected chi connectivity index (χ2v) is 4.99. The van der Waals surface area contributed by atoms with E-state index in [0.29, 0.717) is 11.3 Å². The van der Waals surface area contributed by atoms with Crippen molar-refractivity contribution in [1.82, 2.24) is 0 Å². The minimum Gasteiger partial charge on any atom is -0.494 e. The van der Waals surface area contributed by atoms with Gasteiger partial charge in [-0.1, -0.05) is 0 Å². The van der Waals surface area contributed by atoms with Gasteiger partial charge in [-0.15, -0.1) is 0 Å². The highest BCUT2D eigenvalue weighted by Crippen LogP contribution is 2.28. The van der Waals surface area contributed by atoms with Crippen molar-refractivity contribution in [3.8, 4) is 11.5 Å². The minimum atomic E-state index is -0.560. The molecule has 2 aromatic rings. The molecule has 0 saturated heterocycles. The molecule has 0 atom stereocenters. The number of amides is 1. The van der Waals surface area contributed by atoms with Crippen LogP contribution < -0.4 is 14.8 Å². The quantitative estimate of drug-likeness (QED) is 0.458. The van der Waals surface area contributed by atoms with E-state index in [4.69, 9.17) is 9.47 Å². The summed E-state index contributed by atoms with van der Waals surface area (Å²) in [5.41, 5.74) is 0.495. The van der Waals surface area contributed by atoms with Crippen molar-refractivity contribution in [3.05, 3.63) is 58.1 Å². The molecule has 136 valence electrons. The molecule has 0 aliphatic rings. The van der Waals surface area contributed by atoms with Gasteiger partial charge in [0.15, 0.2) is 6.61 Å². The summed E-state index contributed by atoms with van der Waals surface area (Å²) in [6.07, 6.45) is 0. The molecule has 0 aliphatic carbocycles. The lowest BCUT2D eigenvalue weighted by Gasteiger charge is -2.11. The summed E-state index contributed by atoms with van der Waals surface area (Å²) in [6.45, 7) is -0.294. The van der Waals surface area contributed by atoms with Crippen molar-refractivity contribution in [1.29, 1.82) is 0 Å². The number of ether oxygens (including phenoxy) is 3. The maximum Gasteiger partial charge on any atom is 0.337 e. The van der Waals surface area contributed by atoms with Crippen LogP contribution >= 0.6 is 0 Å². The highest BCUT2D eigenvalue weighted by Gasteiger charge is 2.14. The lowest BCUT2D eigenvalue weighted by atomic mass is 10.2. The Hall–Kier alpha value is -3.62. The van der Waals surface area contributed by atoms with Crippen molar-refractivity contribution in [3.63, 3.8) is 0 Å². The summed E-state index contributed by atoms with van der Waals surface area (Å²) in [5.74, 6) is -0.396. The van der Waals surface area contributed by atoms with E-state index in [1.165, 1.54) is 56.7 Å². The number of methoxy groups -OCH3 is 2. The molecular weight excluding hydrogens is 344 g/mol. The number of anilines is 1. The van der Waals surface area contributed by atoms with Crippen molar-refractivity contribution in [2.45, 2.75) is 0 Å². The van der Waals surface area contributed by atoms with Gasteiger partial charge in [0.25, 0.3) is 11.6 Å². The van der Waals surface area contributed by atoms with Gasteiger partial charge in [-0.2, -0.15) is 0 Å². The molecule has 0 unspecified atom stereocenters. The molecular formula is C17H16N2O7. The lowest BCUT2D eigenvalue weighted by molar-refractivity contribution is -0.384. The molecule has 9 nitrogen and oxygen atoms in total. The molecule has 0 aromatic heterocycles. The van der Waals surface area contributed by atoms with E-state index in [1.54, 1.807) is 0 Å². The first-order valence-corrected chi connectivity index (χ1v) is 7.38. The number of carbonyl (C=O) groups excluding carboxylic acids is 2. The van der Waals surface area contributed by atoms with Crippen molar-refractivity contribution in [2.75, 3.05) is 26.1 Å². The minimum absolute atomic E-state index is 0.151.